The van der Waals surface area contributed by atoms with Gasteiger partial charge in [-0.1, -0.05) is 32.9 Å². The highest BCUT2D eigenvalue weighted by Crippen LogP contribution is 2.32. The van der Waals surface area contributed by atoms with E-state index >= 15 is 0 Å². The first-order chi connectivity index (χ1) is 8.07. The lowest BCUT2D eigenvalue weighted by Crippen LogP contribution is -2.12. The van der Waals surface area contributed by atoms with Gasteiger partial charge in [0.2, 0.25) is 0 Å². The third-order valence-corrected chi connectivity index (χ3v) is 2.07. The van der Waals surface area contributed by atoms with Crippen molar-refractivity contribution in [2.75, 3.05) is 0 Å². The number of hydrogen-bond acceptors (Lipinski definition) is 3. The molecule has 6 heteroatoms. The van der Waals surface area contributed by atoms with Gasteiger partial charge < -0.3 is 20.4 Å². The van der Waals surface area contributed by atoms with E-state index in [1.807, 2.05) is 20.8 Å². The van der Waals surface area contributed by atoms with Gasteiger partial charge in [0.1, 0.15) is 11.3 Å². The lowest BCUT2D eigenvalue weighted by molar-refractivity contribution is 0.0693. The van der Waals surface area contributed by atoms with Gasteiger partial charge in [0.25, 0.3) is 0 Å². The first-order valence-electron chi connectivity index (χ1n) is 5.05. The average molecular weight is 256 g/mol. The topological polar surface area (TPSA) is 115 Å². The van der Waals surface area contributed by atoms with Gasteiger partial charge in [-0.25, -0.2) is 9.59 Å². The Morgan fingerprint density at radius 1 is 1.06 bits per heavy atom. The van der Waals surface area contributed by atoms with Crippen LogP contribution in [0, 0.1) is 0 Å². The van der Waals surface area contributed by atoms with E-state index in [1.54, 1.807) is 12.1 Å². The molecular formula is C12H16O6. The second-order valence-electron chi connectivity index (χ2n) is 4.54. The molecule has 0 radical (unpaired) electrons. The monoisotopic (exact) mass is 256 g/mol. The summed E-state index contributed by atoms with van der Waals surface area (Å²) in [7, 11) is 0. The van der Waals surface area contributed by atoms with Crippen molar-refractivity contribution in [1.29, 1.82) is 0 Å². The number of benzene rings is 1. The van der Waals surface area contributed by atoms with Crippen molar-refractivity contribution >= 4 is 12.1 Å². The summed E-state index contributed by atoms with van der Waals surface area (Å²) >= 11 is 0. The summed E-state index contributed by atoms with van der Waals surface area (Å²) in [5, 5.41) is 32.5. The average Bonchev–Trinajstić information content (AvgIpc) is 2.14. The fourth-order valence-electron chi connectivity index (χ4n) is 1.32. The zero-order valence-electron chi connectivity index (χ0n) is 10.3. The number of phenols is 1. The first-order valence-corrected chi connectivity index (χ1v) is 5.05. The lowest BCUT2D eigenvalue weighted by atomic mass is 9.85. The quantitative estimate of drug-likeness (QED) is 0.614. The Hall–Kier alpha value is -2.24. The van der Waals surface area contributed by atoms with Gasteiger partial charge in [-0.3, -0.25) is 0 Å². The van der Waals surface area contributed by atoms with Gasteiger partial charge >= 0.3 is 12.1 Å². The summed E-state index contributed by atoms with van der Waals surface area (Å²) in [6.07, 6.45) is -1.83. The van der Waals surface area contributed by atoms with Crippen molar-refractivity contribution in [2.45, 2.75) is 26.2 Å². The van der Waals surface area contributed by atoms with Crippen molar-refractivity contribution in [3.8, 4) is 5.75 Å². The number of carbonyl (C=O) groups is 2. The Morgan fingerprint density at radius 3 is 1.83 bits per heavy atom. The second kappa shape index (κ2) is 5.90. The summed E-state index contributed by atoms with van der Waals surface area (Å²) in [6.45, 7) is 5.77. The number of para-hydroxylation sites is 1. The van der Waals surface area contributed by atoms with Gasteiger partial charge in [0.15, 0.2) is 0 Å². The molecule has 4 N–H and O–H groups in total. The Morgan fingerprint density at radius 2 is 1.50 bits per heavy atom. The van der Waals surface area contributed by atoms with Gasteiger partial charge in [-0.2, -0.15) is 0 Å². The van der Waals surface area contributed by atoms with Gasteiger partial charge in [0, 0.05) is 5.56 Å². The minimum Gasteiger partial charge on any atom is -0.507 e. The van der Waals surface area contributed by atoms with E-state index in [0.29, 0.717) is 5.56 Å². The molecule has 0 unspecified atom stereocenters. The number of hydrogen-bond donors (Lipinski definition) is 4. The summed E-state index contributed by atoms with van der Waals surface area (Å²) in [5.74, 6) is -1.24. The van der Waals surface area contributed by atoms with E-state index in [0.717, 1.165) is 0 Å². The summed E-state index contributed by atoms with van der Waals surface area (Å²) < 4.78 is 0. The van der Waals surface area contributed by atoms with Crippen LogP contribution in [0.3, 0.4) is 0 Å². The Kier molecular flexibility index (Phi) is 5.17. The van der Waals surface area contributed by atoms with Crippen LogP contribution in [0.4, 0.5) is 4.79 Å². The molecule has 0 saturated heterocycles. The van der Waals surface area contributed by atoms with Crippen molar-refractivity contribution < 1.29 is 30.0 Å². The third kappa shape index (κ3) is 4.73. The van der Waals surface area contributed by atoms with Crippen molar-refractivity contribution in [3.63, 3.8) is 0 Å². The smallest absolute Gasteiger partial charge is 0.503 e. The van der Waals surface area contributed by atoms with E-state index in [-0.39, 0.29) is 16.7 Å². The van der Waals surface area contributed by atoms with E-state index < -0.39 is 12.1 Å². The van der Waals surface area contributed by atoms with Crippen LogP contribution in [0.25, 0.3) is 0 Å². The molecule has 100 valence electrons. The molecule has 1 rings (SSSR count). The third-order valence-electron chi connectivity index (χ3n) is 2.07. The lowest BCUT2D eigenvalue weighted by Gasteiger charge is -2.20. The molecule has 0 aromatic heterocycles. The predicted octanol–water partition coefficient (Wildman–Crippen LogP) is 2.61. The van der Waals surface area contributed by atoms with Gasteiger partial charge in [-0.05, 0) is 11.5 Å². The Labute approximate surface area is 104 Å². The highest BCUT2D eigenvalue weighted by Gasteiger charge is 2.21. The molecule has 0 bridgehead atoms. The maximum absolute atomic E-state index is 10.7. The zero-order valence-corrected chi connectivity index (χ0v) is 10.3. The fraction of sp³-hybridized carbons (Fsp3) is 0.333. The minimum atomic E-state index is -1.83. The predicted molar refractivity (Wildman–Crippen MR) is 64.4 cm³/mol. The van der Waals surface area contributed by atoms with E-state index in [2.05, 4.69) is 0 Å². The minimum absolute atomic E-state index is 0.0441. The number of carboxylic acids is 1. The van der Waals surface area contributed by atoms with Gasteiger partial charge in [-0.15, -0.1) is 0 Å². The van der Waals surface area contributed by atoms with Gasteiger partial charge in [0.05, 0.1) is 0 Å². The van der Waals surface area contributed by atoms with E-state index in [9.17, 15) is 9.90 Å². The van der Waals surface area contributed by atoms with Crippen LogP contribution in [0.5, 0.6) is 5.75 Å². The molecule has 0 atom stereocenters. The zero-order chi connectivity index (χ0) is 14.5. The molecule has 0 aliphatic heterocycles. The molecule has 18 heavy (non-hydrogen) atoms. The molecule has 0 amide bonds. The highest BCUT2D eigenvalue weighted by molar-refractivity contribution is 5.91. The fourth-order valence-corrected chi connectivity index (χ4v) is 1.32. The van der Waals surface area contributed by atoms with Crippen molar-refractivity contribution in [1.82, 2.24) is 0 Å². The summed E-state index contributed by atoms with van der Waals surface area (Å²) in [4.78, 5) is 19.3. The van der Waals surface area contributed by atoms with Crippen LogP contribution in [-0.2, 0) is 5.41 Å². The molecule has 1 aromatic carbocycles. The molecule has 1 aromatic rings. The molecule has 0 aliphatic carbocycles. The standard InChI is InChI=1S/C11H14O3.CH2O3/c1-11(2,3)8-6-4-5-7(9(8)12)10(13)14;2-1(3)4/h4-6,12H,1-3H3,(H,13,14);(H2,2,3,4). The molecule has 6 nitrogen and oxygen atoms in total. The molecule has 0 heterocycles. The molecule has 0 spiro atoms. The molecular weight excluding hydrogens is 240 g/mol. The van der Waals surface area contributed by atoms with E-state index in [1.165, 1.54) is 6.07 Å². The van der Waals surface area contributed by atoms with Crippen LogP contribution >= 0.6 is 0 Å². The Balaban J connectivity index is 0.000000631. The largest absolute Gasteiger partial charge is 0.507 e. The number of aromatic hydroxyl groups is 1. The molecule has 0 aliphatic rings. The van der Waals surface area contributed by atoms with Crippen LogP contribution in [0.15, 0.2) is 18.2 Å². The SMILES string of the molecule is CC(C)(C)c1cccc(C(=O)O)c1O.O=C(O)O. The molecule has 0 fully saturated rings. The number of carboxylic acid groups (broad SMARTS) is 3. The van der Waals surface area contributed by atoms with Crippen molar-refractivity contribution in [3.05, 3.63) is 29.3 Å². The second-order valence-corrected chi connectivity index (χ2v) is 4.54. The van der Waals surface area contributed by atoms with Crippen LogP contribution < -0.4 is 0 Å². The van der Waals surface area contributed by atoms with E-state index in [4.69, 9.17) is 20.1 Å². The maximum Gasteiger partial charge on any atom is 0.503 e. The normalized spacial score (nSPS) is 10.2. The number of aromatic carboxylic acids is 1. The summed E-state index contributed by atoms with van der Waals surface area (Å²) in [5.41, 5.74) is 0.352. The Bertz CT molecular complexity index is 440. The van der Waals surface area contributed by atoms with Crippen LogP contribution in [0.2, 0.25) is 0 Å². The highest BCUT2D eigenvalue weighted by atomic mass is 16.6. The number of rotatable bonds is 1. The summed E-state index contributed by atoms with van der Waals surface area (Å²) in [6, 6.07) is 4.78. The maximum atomic E-state index is 10.7. The molecule has 0 saturated carbocycles. The van der Waals surface area contributed by atoms with Crippen LogP contribution in [-0.4, -0.2) is 32.6 Å². The first kappa shape index (κ1) is 15.8. The van der Waals surface area contributed by atoms with Crippen LogP contribution in [0.1, 0.15) is 36.7 Å². The van der Waals surface area contributed by atoms with Crippen molar-refractivity contribution in [2.24, 2.45) is 0 Å².